The summed E-state index contributed by atoms with van der Waals surface area (Å²) in [5.41, 5.74) is 0. The van der Waals surface area contributed by atoms with Crippen molar-refractivity contribution in [3.8, 4) is 0 Å². The van der Waals surface area contributed by atoms with E-state index in [0.717, 1.165) is 6.42 Å². The summed E-state index contributed by atoms with van der Waals surface area (Å²) in [7, 11) is 1.32. The van der Waals surface area contributed by atoms with Crippen LogP contribution < -0.4 is 5.32 Å². The lowest BCUT2D eigenvalue weighted by atomic mass is 10.1. The standard InChI is InChI=1S/C7H11NO3/c1-11-7(10)5-3-2-4-6(9)8-5/h5H,2-4H2,1H3,(H,8,9)/t5-/m1/s1. The first kappa shape index (κ1) is 8.04. The van der Waals surface area contributed by atoms with E-state index < -0.39 is 6.04 Å². The quantitative estimate of drug-likeness (QED) is 0.537. The molecule has 11 heavy (non-hydrogen) atoms. The van der Waals surface area contributed by atoms with Crippen molar-refractivity contribution in [3.63, 3.8) is 0 Å². The van der Waals surface area contributed by atoms with E-state index in [-0.39, 0.29) is 11.9 Å². The molecule has 1 aliphatic rings. The van der Waals surface area contributed by atoms with Crippen molar-refractivity contribution < 1.29 is 14.3 Å². The number of piperidine rings is 1. The molecule has 1 fully saturated rings. The lowest BCUT2D eigenvalue weighted by Gasteiger charge is -2.20. The molecule has 1 saturated heterocycles. The first-order chi connectivity index (χ1) is 5.24. The van der Waals surface area contributed by atoms with Gasteiger partial charge >= 0.3 is 5.97 Å². The van der Waals surface area contributed by atoms with Crippen molar-refractivity contribution in [2.24, 2.45) is 0 Å². The van der Waals surface area contributed by atoms with Crippen molar-refractivity contribution in [1.29, 1.82) is 0 Å². The molecule has 1 atom stereocenters. The van der Waals surface area contributed by atoms with Crippen LogP contribution in [-0.4, -0.2) is 25.0 Å². The molecule has 4 nitrogen and oxygen atoms in total. The summed E-state index contributed by atoms with van der Waals surface area (Å²) in [6.45, 7) is 0. The first-order valence-corrected chi connectivity index (χ1v) is 3.61. The third-order valence-electron chi connectivity index (χ3n) is 1.72. The molecule has 62 valence electrons. The summed E-state index contributed by atoms with van der Waals surface area (Å²) in [6.07, 6.45) is 1.98. The Morgan fingerprint density at radius 3 is 3.00 bits per heavy atom. The number of carbonyl (C=O) groups is 2. The van der Waals surface area contributed by atoms with Gasteiger partial charge in [0.25, 0.3) is 0 Å². The van der Waals surface area contributed by atoms with Gasteiger partial charge in [-0.05, 0) is 12.8 Å². The summed E-state index contributed by atoms with van der Waals surface area (Å²) in [4.78, 5) is 21.7. The van der Waals surface area contributed by atoms with E-state index in [1.165, 1.54) is 7.11 Å². The second-order valence-electron chi connectivity index (χ2n) is 2.54. The minimum atomic E-state index is -0.416. The Morgan fingerprint density at radius 2 is 2.45 bits per heavy atom. The molecule has 1 heterocycles. The molecule has 0 bridgehead atoms. The summed E-state index contributed by atoms with van der Waals surface area (Å²) in [5.74, 6) is -0.412. The van der Waals surface area contributed by atoms with E-state index in [1.807, 2.05) is 0 Å². The van der Waals surface area contributed by atoms with Gasteiger partial charge in [-0.1, -0.05) is 0 Å². The number of rotatable bonds is 1. The second-order valence-corrected chi connectivity index (χ2v) is 2.54. The summed E-state index contributed by atoms with van der Waals surface area (Å²) >= 11 is 0. The zero-order valence-corrected chi connectivity index (χ0v) is 6.42. The number of hydrogen-bond donors (Lipinski definition) is 1. The largest absolute Gasteiger partial charge is 0.467 e. The van der Waals surface area contributed by atoms with Gasteiger partial charge in [0.15, 0.2) is 0 Å². The molecule has 0 spiro atoms. The number of nitrogens with one attached hydrogen (secondary N) is 1. The van der Waals surface area contributed by atoms with Crippen LogP contribution >= 0.6 is 0 Å². The van der Waals surface area contributed by atoms with Crippen molar-refractivity contribution in [2.75, 3.05) is 7.11 Å². The highest BCUT2D eigenvalue weighted by Gasteiger charge is 2.24. The number of ether oxygens (including phenoxy) is 1. The monoisotopic (exact) mass is 157 g/mol. The Bertz CT molecular complexity index is 179. The minimum absolute atomic E-state index is 0.0633. The molecule has 1 aliphatic heterocycles. The van der Waals surface area contributed by atoms with Gasteiger partial charge in [0.2, 0.25) is 5.91 Å². The van der Waals surface area contributed by atoms with Gasteiger partial charge in [-0.3, -0.25) is 4.79 Å². The third-order valence-corrected chi connectivity index (χ3v) is 1.72. The van der Waals surface area contributed by atoms with E-state index in [1.54, 1.807) is 0 Å². The fourth-order valence-electron chi connectivity index (χ4n) is 1.12. The van der Waals surface area contributed by atoms with Gasteiger partial charge in [0.05, 0.1) is 7.11 Å². The van der Waals surface area contributed by atoms with Crippen LogP contribution in [0.1, 0.15) is 19.3 Å². The minimum Gasteiger partial charge on any atom is -0.467 e. The Labute approximate surface area is 64.9 Å². The normalized spacial score (nSPS) is 24.1. The highest BCUT2D eigenvalue weighted by Crippen LogP contribution is 2.08. The van der Waals surface area contributed by atoms with E-state index in [4.69, 9.17) is 0 Å². The van der Waals surface area contributed by atoms with Crippen LogP contribution in [0.3, 0.4) is 0 Å². The molecule has 1 amide bonds. The van der Waals surface area contributed by atoms with Crippen molar-refractivity contribution in [2.45, 2.75) is 25.3 Å². The SMILES string of the molecule is COC(=O)[C@H]1CCCC(=O)N1. The van der Waals surface area contributed by atoms with E-state index >= 15 is 0 Å². The van der Waals surface area contributed by atoms with Crippen LogP contribution in [0.25, 0.3) is 0 Å². The van der Waals surface area contributed by atoms with Gasteiger partial charge in [-0.15, -0.1) is 0 Å². The average molecular weight is 157 g/mol. The average Bonchev–Trinajstić information content (AvgIpc) is 2.03. The summed E-state index contributed by atoms with van der Waals surface area (Å²) in [6, 6.07) is -0.416. The van der Waals surface area contributed by atoms with E-state index in [0.29, 0.717) is 12.8 Å². The smallest absolute Gasteiger partial charge is 0.328 e. The molecule has 0 aromatic carbocycles. The molecule has 0 aliphatic carbocycles. The van der Waals surface area contributed by atoms with Crippen molar-refractivity contribution in [3.05, 3.63) is 0 Å². The van der Waals surface area contributed by atoms with Crippen LogP contribution in [0.15, 0.2) is 0 Å². The van der Waals surface area contributed by atoms with Gasteiger partial charge in [-0.2, -0.15) is 0 Å². The molecule has 0 saturated carbocycles. The van der Waals surface area contributed by atoms with Crippen LogP contribution in [0, 0.1) is 0 Å². The third kappa shape index (κ3) is 1.93. The van der Waals surface area contributed by atoms with Crippen LogP contribution in [0.2, 0.25) is 0 Å². The predicted octanol–water partition coefficient (Wildman–Crippen LogP) is -0.172. The topological polar surface area (TPSA) is 55.4 Å². The molecular weight excluding hydrogens is 146 g/mol. The van der Waals surface area contributed by atoms with Crippen LogP contribution in [-0.2, 0) is 14.3 Å². The van der Waals surface area contributed by atoms with Gasteiger partial charge in [-0.25, -0.2) is 4.79 Å². The first-order valence-electron chi connectivity index (χ1n) is 3.61. The predicted molar refractivity (Wildman–Crippen MR) is 37.8 cm³/mol. The molecule has 0 aromatic heterocycles. The maximum absolute atomic E-state index is 10.9. The number of methoxy groups -OCH3 is 1. The Kier molecular flexibility index (Phi) is 2.46. The summed E-state index contributed by atoms with van der Waals surface area (Å²) < 4.78 is 4.48. The molecule has 1 N–H and O–H groups in total. The van der Waals surface area contributed by atoms with Gasteiger partial charge in [0, 0.05) is 6.42 Å². The maximum Gasteiger partial charge on any atom is 0.328 e. The fraction of sp³-hybridized carbons (Fsp3) is 0.714. The fourth-order valence-corrected chi connectivity index (χ4v) is 1.12. The molecule has 1 rings (SSSR count). The summed E-state index contributed by atoms with van der Waals surface area (Å²) in [5, 5.41) is 2.55. The Balaban J connectivity index is 2.45. The number of hydrogen-bond acceptors (Lipinski definition) is 3. The lowest BCUT2D eigenvalue weighted by molar-refractivity contribution is -0.146. The van der Waals surface area contributed by atoms with Crippen molar-refractivity contribution in [1.82, 2.24) is 5.32 Å². The molecular formula is C7H11NO3. The molecule has 0 aromatic rings. The zero-order valence-electron chi connectivity index (χ0n) is 6.42. The number of carbonyl (C=O) groups excluding carboxylic acids is 2. The number of amides is 1. The lowest BCUT2D eigenvalue weighted by Crippen LogP contribution is -2.44. The molecule has 0 radical (unpaired) electrons. The van der Waals surface area contributed by atoms with E-state index in [9.17, 15) is 9.59 Å². The maximum atomic E-state index is 10.9. The number of esters is 1. The second kappa shape index (κ2) is 3.37. The van der Waals surface area contributed by atoms with E-state index in [2.05, 4.69) is 10.1 Å². The van der Waals surface area contributed by atoms with Gasteiger partial charge in [0.1, 0.15) is 6.04 Å². The highest BCUT2D eigenvalue weighted by molar-refractivity contribution is 5.85. The molecule has 0 unspecified atom stereocenters. The Hall–Kier alpha value is -1.06. The molecule has 4 heteroatoms. The zero-order chi connectivity index (χ0) is 8.27. The van der Waals surface area contributed by atoms with Crippen LogP contribution in [0.5, 0.6) is 0 Å². The Morgan fingerprint density at radius 1 is 1.73 bits per heavy atom. The van der Waals surface area contributed by atoms with Gasteiger partial charge < -0.3 is 10.1 Å². The van der Waals surface area contributed by atoms with Crippen LogP contribution in [0.4, 0.5) is 0 Å². The van der Waals surface area contributed by atoms with Crippen molar-refractivity contribution >= 4 is 11.9 Å². The highest BCUT2D eigenvalue weighted by atomic mass is 16.5.